The van der Waals surface area contributed by atoms with E-state index in [1.54, 1.807) is 6.07 Å². The Morgan fingerprint density at radius 1 is 1.38 bits per heavy atom. The third kappa shape index (κ3) is 1.90. The molecular weight excluding hydrogens is 332 g/mol. The van der Waals surface area contributed by atoms with Crippen LogP contribution in [0.5, 0.6) is 0 Å². The van der Waals surface area contributed by atoms with Crippen LogP contribution in [0.15, 0.2) is 18.2 Å². The molecule has 2 aromatic heterocycles. The van der Waals surface area contributed by atoms with Gasteiger partial charge in [-0.25, -0.2) is 4.52 Å². The van der Waals surface area contributed by atoms with Gasteiger partial charge in [-0.3, -0.25) is 0 Å². The van der Waals surface area contributed by atoms with E-state index in [2.05, 4.69) is 5.10 Å². The van der Waals surface area contributed by atoms with Gasteiger partial charge >= 0.3 is 6.18 Å². The zero-order valence-corrected chi connectivity index (χ0v) is 10.5. The van der Waals surface area contributed by atoms with Gasteiger partial charge in [0, 0.05) is 0 Å². The summed E-state index contributed by atoms with van der Waals surface area (Å²) in [5, 5.41) is 3.58. The first-order valence-corrected chi connectivity index (χ1v) is 5.75. The zero-order chi connectivity index (χ0) is 11.9. The van der Waals surface area contributed by atoms with Crippen molar-refractivity contribution in [3.63, 3.8) is 0 Å². The number of nitrogens with zero attached hydrogens (tertiary/aromatic N) is 2. The van der Waals surface area contributed by atoms with E-state index in [0.717, 1.165) is 11.6 Å². The molecule has 6 heteroatoms. The lowest BCUT2D eigenvalue weighted by molar-refractivity contribution is -0.141. The molecule has 0 saturated carbocycles. The van der Waals surface area contributed by atoms with Crippen molar-refractivity contribution in [2.75, 3.05) is 0 Å². The van der Waals surface area contributed by atoms with Crippen molar-refractivity contribution < 1.29 is 13.2 Å². The summed E-state index contributed by atoms with van der Waals surface area (Å²) >= 11 is 1.97. The van der Waals surface area contributed by atoms with Gasteiger partial charge < -0.3 is 0 Å². The molecule has 16 heavy (non-hydrogen) atoms. The number of halogens is 4. The van der Waals surface area contributed by atoms with Gasteiger partial charge in [0.25, 0.3) is 0 Å². The second-order valence-electron chi connectivity index (χ2n) is 3.36. The second kappa shape index (κ2) is 3.90. The number of rotatable bonds is 1. The molecule has 0 bridgehead atoms. The quantitative estimate of drug-likeness (QED) is 0.574. The van der Waals surface area contributed by atoms with Crippen molar-refractivity contribution in [3.05, 3.63) is 33.2 Å². The lowest BCUT2D eigenvalue weighted by Gasteiger charge is -2.01. The van der Waals surface area contributed by atoms with E-state index in [0.29, 0.717) is 15.6 Å². The van der Waals surface area contributed by atoms with E-state index in [9.17, 15) is 13.2 Å². The molecule has 0 unspecified atom stereocenters. The second-order valence-corrected chi connectivity index (χ2v) is 4.46. The summed E-state index contributed by atoms with van der Waals surface area (Å²) in [6.07, 6.45) is -3.70. The first kappa shape index (κ1) is 11.7. The Kier molecular flexibility index (Phi) is 2.85. The molecule has 0 atom stereocenters. The molecule has 0 fully saturated rings. The fourth-order valence-electron chi connectivity index (χ4n) is 1.54. The third-order valence-electron chi connectivity index (χ3n) is 2.33. The molecule has 0 aliphatic carbocycles. The molecule has 2 heterocycles. The Bertz CT molecular complexity index is 531. The van der Waals surface area contributed by atoms with Gasteiger partial charge in [0.1, 0.15) is 3.70 Å². The van der Waals surface area contributed by atoms with Crippen LogP contribution in [0.3, 0.4) is 0 Å². The summed E-state index contributed by atoms with van der Waals surface area (Å²) < 4.78 is 39.5. The van der Waals surface area contributed by atoms with Crippen molar-refractivity contribution in [3.8, 4) is 0 Å². The summed E-state index contributed by atoms with van der Waals surface area (Å²) in [6.45, 7) is 1.91. The van der Waals surface area contributed by atoms with Crippen molar-refractivity contribution in [1.29, 1.82) is 0 Å². The molecule has 2 rings (SSSR count). The van der Waals surface area contributed by atoms with Crippen LogP contribution in [0.1, 0.15) is 18.2 Å². The topological polar surface area (TPSA) is 17.3 Å². The number of fused-ring (bicyclic) bond motifs is 1. The maximum atomic E-state index is 12.5. The van der Waals surface area contributed by atoms with Crippen LogP contribution in [-0.4, -0.2) is 9.61 Å². The number of hydrogen-bond acceptors (Lipinski definition) is 1. The highest BCUT2D eigenvalue weighted by Crippen LogP contribution is 2.30. The summed E-state index contributed by atoms with van der Waals surface area (Å²) in [7, 11) is 0. The SMILES string of the molecule is CCc1ccc(I)n2nc(C(F)(F)F)cc12. The van der Waals surface area contributed by atoms with Crippen LogP contribution >= 0.6 is 22.6 Å². The summed E-state index contributed by atoms with van der Waals surface area (Å²) in [4.78, 5) is 0. The van der Waals surface area contributed by atoms with Gasteiger partial charge in [-0.2, -0.15) is 18.3 Å². The molecular formula is C10H8F3IN2. The molecule has 2 nitrogen and oxygen atoms in total. The van der Waals surface area contributed by atoms with E-state index in [4.69, 9.17) is 0 Å². The lowest BCUT2D eigenvalue weighted by atomic mass is 10.2. The molecule has 0 saturated heterocycles. The highest BCUT2D eigenvalue weighted by atomic mass is 127. The van der Waals surface area contributed by atoms with Gasteiger partial charge in [-0.05, 0) is 46.7 Å². The molecule has 86 valence electrons. The Hall–Kier alpha value is -0.790. The number of hydrogen-bond donors (Lipinski definition) is 0. The number of alkyl halides is 3. The minimum Gasteiger partial charge on any atom is -0.227 e. The minimum atomic E-state index is -4.39. The monoisotopic (exact) mass is 340 g/mol. The average Bonchev–Trinajstić information content (AvgIpc) is 2.63. The summed E-state index contributed by atoms with van der Waals surface area (Å²) in [5.41, 5.74) is 0.552. The van der Waals surface area contributed by atoms with Crippen molar-refractivity contribution in [1.82, 2.24) is 9.61 Å². The van der Waals surface area contributed by atoms with Gasteiger partial charge in [-0.15, -0.1) is 0 Å². The zero-order valence-electron chi connectivity index (χ0n) is 8.35. The van der Waals surface area contributed by atoms with E-state index >= 15 is 0 Å². The molecule has 0 radical (unpaired) electrons. The van der Waals surface area contributed by atoms with Gasteiger partial charge in [0.15, 0.2) is 5.69 Å². The molecule has 0 spiro atoms. The lowest BCUT2D eigenvalue weighted by Crippen LogP contribution is -2.06. The van der Waals surface area contributed by atoms with Crippen LogP contribution < -0.4 is 0 Å². The van der Waals surface area contributed by atoms with Crippen LogP contribution in [0.4, 0.5) is 13.2 Å². The first-order chi connectivity index (χ1) is 7.43. The van der Waals surface area contributed by atoms with E-state index in [1.807, 2.05) is 35.6 Å². The molecule has 0 aromatic carbocycles. The van der Waals surface area contributed by atoms with Crippen molar-refractivity contribution >= 4 is 28.1 Å². The van der Waals surface area contributed by atoms with Crippen molar-refractivity contribution in [2.24, 2.45) is 0 Å². The molecule has 0 aliphatic rings. The van der Waals surface area contributed by atoms with Gasteiger partial charge in [0.2, 0.25) is 0 Å². The molecule has 2 aromatic rings. The standard InChI is InChI=1S/C10H8F3IN2/c1-2-6-3-4-9(14)16-7(6)5-8(15-16)10(11,12)13/h3-5H,2H2,1H3. The normalized spacial score (nSPS) is 12.3. The number of aryl methyl sites for hydroxylation is 1. The fraction of sp³-hybridized carbons (Fsp3) is 0.300. The largest absolute Gasteiger partial charge is 0.435 e. The Morgan fingerprint density at radius 2 is 2.06 bits per heavy atom. The maximum absolute atomic E-state index is 12.5. The first-order valence-electron chi connectivity index (χ1n) is 4.68. The van der Waals surface area contributed by atoms with Crippen LogP contribution in [0.25, 0.3) is 5.52 Å². The van der Waals surface area contributed by atoms with Crippen LogP contribution in [-0.2, 0) is 12.6 Å². The predicted octanol–water partition coefficient (Wildman–Crippen LogP) is 3.52. The van der Waals surface area contributed by atoms with Crippen LogP contribution in [0.2, 0.25) is 0 Å². The maximum Gasteiger partial charge on any atom is 0.435 e. The fourth-order valence-corrected chi connectivity index (χ4v) is 2.08. The van der Waals surface area contributed by atoms with E-state index in [-0.39, 0.29) is 0 Å². The van der Waals surface area contributed by atoms with Crippen molar-refractivity contribution in [2.45, 2.75) is 19.5 Å². The highest BCUT2D eigenvalue weighted by Gasteiger charge is 2.34. The van der Waals surface area contributed by atoms with Gasteiger partial charge in [-0.1, -0.05) is 13.0 Å². The summed E-state index contributed by atoms with van der Waals surface area (Å²) in [5.74, 6) is 0. The van der Waals surface area contributed by atoms with E-state index < -0.39 is 11.9 Å². The third-order valence-corrected chi connectivity index (χ3v) is 3.15. The number of pyridine rings is 1. The smallest absolute Gasteiger partial charge is 0.227 e. The predicted molar refractivity (Wildman–Crippen MR) is 62.3 cm³/mol. The molecule has 0 aliphatic heterocycles. The average molecular weight is 340 g/mol. The van der Waals surface area contributed by atoms with Gasteiger partial charge in [0.05, 0.1) is 5.52 Å². The Labute approximate surface area is 104 Å². The minimum absolute atomic E-state index is 0.529. The highest BCUT2D eigenvalue weighted by molar-refractivity contribution is 14.1. The Morgan fingerprint density at radius 3 is 2.62 bits per heavy atom. The molecule has 0 N–H and O–H groups in total. The molecule has 0 amide bonds. The van der Waals surface area contributed by atoms with Crippen LogP contribution in [0, 0.1) is 3.70 Å². The van der Waals surface area contributed by atoms with E-state index in [1.165, 1.54) is 4.52 Å². The number of aromatic nitrogens is 2. The Balaban J connectivity index is 2.73. The summed E-state index contributed by atoms with van der Waals surface area (Å²) in [6, 6.07) is 4.69.